The van der Waals surface area contributed by atoms with Gasteiger partial charge in [-0.2, -0.15) is 0 Å². The Balaban J connectivity index is 1.78. The van der Waals surface area contributed by atoms with Gasteiger partial charge in [-0.3, -0.25) is 4.90 Å². The van der Waals surface area contributed by atoms with Crippen LogP contribution in [0, 0.1) is 5.92 Å². The lowest BCUT2D eigenvalue weighted by molar-refractivity contribution is -0.0304. The van der Waals surface area contributed by atoms with E-state index in [0.717, 1.165) is 37.9 Å². The summed E-state index contributed by atoms with van der Waals surface area (Å²) in [6, 6.07) is 0. The van der Waals surface area contributed by atoms with Crippen LogP contribution in [0.3, 0.4) is 0 Å². The number of aromatic nitrogens is 3. The van der Waals surface area contributed by atoms with E-state index in [1.165, 1.54) is 12.8 Å². The topological polar surface area (TPSA) is 60.0 Å². The Morgan fingerprint density at radius 2 is 2.31 bits per heavy atom. The summed E-state index contributed by atoms with van der Waals surface area (Å²) < 4.78 is 2.14. The second kappa shape index (κ2) is 3.53. The zero-order valence-electron chi connectivity index (χ0n) is 9.76. The monoisotopic (exact) mass is 221 g/mol. The number of fused-ring (bicyclic) bond motifs is 1. The van der Waals surface area contributed by atoms with Crippen molar-refractivity contribution in [1.29, 1.82) is 0 Å². The maximum atomic E-state index is 5.97. The highest BCUT2D eigenvalue weighted by Gasteiger charge is 2.46. The lowest BCUT2D eigenvalue weighted by Crippen LogP contribution is -2.62. The minimum Gasteiger partial charge on any atom is -0.329 e. The second-order valence-corrected chi connectivity index (χ2v) is 5.30. The summed E-state index contributed by atoms with van der Waals surface area (Å²) in [6.07, 6.45) is 4.29. The van der Waals surface area contributed by atoms with Crippen LogP contribution >= 0.6 is 0 Å². The summed E-state index contributed by atoms with van der Waals surface area (Å²) in [5.41, 5.74) is 6.22. The van der Waals surface area contributed by atoms with E-state index in [0.29, 0.717) is 0 Å². The maximum Gasteiger partial charge on any atom is 0.147 e. The minimum absolute atomic E-state index is 0.247. The largest absolute Gasteiger partial charge is 0.329 e. The van der Waals surface area contributed by atoms with Crippen molar-refractivity contribution in [3.8, 4) is 0 Å². The third-order valence-corrected chi connectivity index (χ3v) is 4.15. The summed E-state index contributed by atoms with van der Waals surface area (Å²) in [6.45, 7) is 6.06. The molecule has 0 amide bonds. The Morgan fingerprint density at radius 3 is 3.00 bits per heavy atom. The highest BCUT2D eigenvalue weighted by atomic mass is 15.3. The first-order valence-electron chi connectivity index (χ1n) is 6.05. The van der Waals surface area contributed by atoms with E-state index < -0.39 is 0 Å². The molecule has 16 heavy (non-hydrogen) atoms. The van der Waals surface area contributed by atoms with Crippen LogP contribution in [0.5, 0.6) is 0 Å². The van der Waals surface area contributed by atoms with E-state index in [4.69, 9.17) is 5.73 Å². The van der Waals surface area contributed by atoms with E-state index in [-0.39, 0.29) is 5.54 Å². The summed E-state index contributed by atoms with van der Waals surface area (Å²) in [5, 5.41) is 8.12. The first kappa shape index (κ1) is 10.2. The molecule has 1 fully saturated rings. The molecular weight excluding hydrogens is 202 g/mol. The Kier molecular flexibility index (Phi) is 2.26. The average Bonchev–Trinajstić information content (AvgIpc) is 2.71. The van der Waals surface area contributed by atoms with Crippen molar-refractivity contribution >= 4 is 0 Å². The number of hydrogen-bond donors (Lipinski definition) is 1. The van der Waals surface area contributed by atoms with Crippen LogP contribution in [-0.2, 0) is 13.1 Å². The molecule has 1 aromatic heterocycles. The predicted molar refractivity (Wildman–Crippen MR) is 60.6 cm³/mol. The zero-order chi connectivity index (χ0) is 11.2. The smallest absolute Gasteiger partial charge is 0.147 e. The molecule has 5 heteroatoms. The zero-order valence-corrected chi connectivity index (χ0v) is 9.76. The SMILES string of the molecule is CC1CC(CN)(N2CCn3cnnc3C2)C1. The van der Waals surface area contributed by atoms with Crippen LogP contribution < -0.4 is 5.73 Å². The number of nitrogens with two attached hydrogens (primary N) is 1. The van der Waals surface area contributed by atoms with Crippen LogP contribution in [0.2, 0.25) is 0 Å². The van der Waals surface area contributed by atoms with Gasteiger partial charge in [0.05, 0.1) is 6.54 Å². The molecule has 0 atom stereocenters. The van der Waals surface area contributed by atoms with Gasteiger partial charge in [0.2, 0.25) is 0 Å². The van der Waals surface area contributed by atoms with Gasteiger partial charge in [0.25, 0.3) is 0 Å². The normalized spacial score (nSPS) is 34.5. The number of hydrogen-bond acceptors (Lipinski definition) is 4. The fourth-order valence-electron chi connectivity index (χ4n) is 3.26. The molecule has 5 nitrogen and oxygen atoms in total. The fraction of sp³-hybridized carbons (Fsp3) is 0.818. The van der Waals surface area contributed by atoms with Crippen molar-refractivity contribution in [1.82, 2.24) is 19.7 Å². The molecule has 1 aliphatic heterocycles. The summed E-state index contributed by atoms with van der Waals surface area (Å²) in [5.74, 6) is 1.90. The lowest BCUT2D eigenvalue weighted by atomic mass is 9.68. The molecule has 0 saturated heterocycles. The Hall–Kier alpha value is -0.940. The van der Waals surface area contributed by atoms with Crippen molar-refractivity contribution in [2.45, 2.75) is 38.4 Å². The first-order valence-corrected chi connectivity index (χ1v) is 6.05. The van der Waals surface area contributed by atoms with Crippen molar-refractivity contribution in [2.75, 3.05) is 13.1 Å². The highest BCUT2D eigenvalue weighted by Crippen LogP contribution is 2.42. The van der Waals surface area contributed by atoms with E-state index in [1.54, 1.807) is 0 Å². The molecule has 0 spiro atoms. The van der Waals surface area contributed by atoms with Gasteiger partial charge in [0.1, 0.15) is 12.2 Å². The number of rotatable bonds is 2. The Labute approximate surface area is 95.6 Å². The van der Waals surface area contributed by atoms with Crippen LogP contribution in [0.4, 0.5) is 0 Å². The second-order valence-electron chi connectivity index (χ2n) is 5.30. The molecule has 0 aromatic carbocycles. The Bertz CT molecular complexity index is 379. The fourth-order valence-corrected chi connectivity index (χ4v) is 3.26. The van der Waals surface area contributed by atoms with Gasteiger partial charge in [-0.25, -0.2) is 0 Å². The van der Waals surface area contributed by atoms with Gasteiger partial charge in [-0.1, -0.05) is 6.92 Å². The molecule has 1 aromatic rings. The van der Waals surface area contributed by atoms with Crippen LogP contribution in [0.1, 0.15) is 25.6 Å². The molecule has 88 valence electrons. The van der Waals surface area contributed by atoms with Gasteiger partial charge < -0.3 is 10.3 Å². The van der Waals surface area contributed by atoms with Gasteiger partial charge in [-0.15, -0.1) is 10.2 Å². The van der Waals surface area contributed by atoms with E-state index in [2.05, 4.69) is 26.6 Å². The van der Waals surface area contributed by atoms with Gasteiger partial charge in [0, 0.05) is 25.2 Å². The molecule has 3 rings (SSSR count). The Morgan fingerprint density at radius 1 is 1.50 bits per heavy atom. The minimum atomic E-state index is 0.247. The van der Waals surface area contributed by atoms with Gasteiger partial charge >= 0.3 is 0 Å². The quantitative estimate of drug-likeness (QED) is 0.776. The van der Waals surface area contributed by atoms with E-state index in [1.807, 2.05) is 6.33 Å². The molecule has 2 aliphatic rings. The first-order chi connectivity index (χ1) is 7.73. The third kappa shape index (κ3) is 1.38. The van der Waals surface area contributed by atoms with E-state index >= 15 is 0 Å². The van der Waals surface area contributed by atoms with Gasteiger partial charge in [-0.05, 0) is 18.8 Å². The van der Waals surface area contributed by atoms with Crippen LogP contribution in [0.25, 0.3) is 0 Å². The predicted octanol–water partition coefficient (Wildman–Crippen LogP) is 0.221. The molecular formula is C11H19N5. The number of nitrogens with zero attached hydrogens (tertiary/aromatic N) is 4. The molecule has 1 aliphatic carbocycles. The third-order valence-electron chi connectivity index (χ3n) is 4.15. The van der Waals surface area contributed by atoms with Crippen molar-refractivity contribution in [3.63, 3.8) is 0 Å². The molecule has 0 radical (unpaired) electrons. The average molecular weight is 221 g/mol. The molecule has 0 bridgehead atoms. The summed E-state index contributed by atoms with van der Waals surface area (Å²) in [4.78, 5) is 2.51. The molecule has 1 saturated carbocycles. The maximum absolute atomic E-state index is 5.97. The molecule has 2 heterocycles. The van der Waals surface area contributed by atoms with Crippen LogP contribution in [-0.4, -0.2) is 38.3 Å². The van der Waals surface area contributed by atoms with E-state index in [9.17, 15) is 0 Å². The van der Waals surface area contributed by atoms with Crippen LogP contribution in [0.15, 0.2) is 6.33 Å². The highest BCUT2D eigenvalue weighted by molar-refractivity contribution is 5.05. The lowest BCUT2D eigenvalue weighted by Gasteiger charge is -2.54. The van der Waals surface area contributed by atoms with Crippen molar-refractivity contribution in [2.24, 2.45) is 11.7 Å². The van der Waals surface area contributed by atoms with Gasteiger partial charge in [0.15, 0.2) is 0 Å². The van der Waals surface area contributed by atoms with Crippen molar-refractivity contribution < 1.29 is 0 Å². The molecule has 2 N–H and O–H groups in total. The summed E-state index contributed by atoms with van der Waals surface area (Å²) in [7, 11) is 0. The molecule has 0 unspecified atom stereocenters. The standard InChI is InChI=1S/C11H19N5/c1-9-4-11(5-9,7-12)16-3-2-15-8-13-14-10(15)6-16/h8-9H,2-7,12H2,1H3. The van der Waals surface area contributed by atoms with Crippen molar-refractivity contribution in [3.05, 3.63) is 12.2 Å². The summed E-state index contributed by atoms with van der Waals surface area (Å²) >= 11 is 0.